The number of hydrogen-bond acceptors (Lipinski definition) is 14. The molecule has 8 amide bonds. The van der Waals surface area contributed by atoms with Gasteiger partial charge in [-0.1, -0.05) is 118 Å². The Balaban J connectivity index is 1.71. The van der Waals surface area contributed by atoms with Crippen LogP contribution < -0.4 is 27.0 Å². The van der Waals surface area contributed by atoms with Crippen LogP contribution in [0.5, 0.6) is 0 Å². The molecule has 0 radical (unpaired) electrons. The summed E-state index contributed by atoms with van der Waals surface area (Å²) in [6.45, 7) is 19.0. The number of rotatable bonds is 39. The molecule has 0 unspecified atom stereocenters. The van der Waals surface area contributed by atoms with Gasteiger partial charge in [-0.05, 0) is 85.0 Å². The van der Waals surface area contributed by atoms with Crippen LogP contribution in [0.1, 0.15) is 164 Å². The minimum atomic E-state index is -0.959. The number of anilines is 1. The molecular weight excluding hydrogens is 1140 g/mol. The first-order chi connectivity index (χ1) is 42.0. The Kier molecular flexibility index (Phi) is 32.7. The number of hydrogen-bond donors (Lipinski definition) is 6. The molecule has 1 saturated heterocycles. The second-order valence-corrected chi connectivity index (χ2v) is 25.3. The van der Waals surface area contributed by atoms with Crippen molar-refractivity contribution in [3.8, 4) is 0 Å². The van der Waals surface area contributed by atoms with Crippen LogP contribution in [0.2, 0.25) is 0 Å². The Morgan fingerprint density at radius 3 is 1.93 bits per heavy atom. The van der Waals surface area contributed by atoms with E-state index in [2.05, 4.69) is 21.3 Å². The smallest absolute Gasteiger partial charge is 0.410 e. The Morgan fingerprint density at radius 1 is 0.730 bits per heavy atom. The van der Waals surface area contributed by atoms with Gasteiger partial charge in [-0.15, -0.1) is 0 Å². The van der Waals surface area contributed by atoms with E-state index in [-0.39, 0.29) is 135 Å². The highest BCUT2D eigenvalue weighted by Crippen LogP contribution is 2.33. The third-order valence-electron chi connectivity index (χ3n) is 17.6. The first-order valence-electron chi connectivity index (χ1n) is 31.8. The highest BCUT2D eigenvalue weighted by atomic mass is 16.6. The zero-order valence-electron chi connectivity index (χ0n) is 55.6. The molecule has 12 atom stereocenters. The number of Topliss-reactive ketones (excluding diaryl/α,β-unsaturated/α-hetero) is 3. The normalized spacial score (nSPS) is 17.0. The average Bonchev–Trinajstić information content (AvgIpc) is 2.15. The Hall–Kier alpha value is -6.78. The number of nitrogens with two attached hydrogens (primary N) is 1. The van der Waals surface area contributed by atoms with Crippen LogP contribution in [0, 0.1) is 47.3 Å². The standard InChI is InChI=1S/C67H106N8O14/c1-16-43(8)61(55(87-14)38-58(81)75-34-22-26-51(75)63(88-15)45(10)52(76)35-44(9)62(82)47-23-18-17-19-24-47)73(12)65(84)50(40(2)3)37-54(78)60(42(6)7)74(13)67(86)89-39-46-29-31-49(32-30-46)71-64(83)48(25-21-33-70-66(68)85)36-53(77)59(41(4)5)72-57(80)28-20-27-56(79)69-11/h17-19,23-24,29-32,40-45,48,50-51,55,59-63,82H,16,20-22,25-28,33-39H2,1-15H3,(H,69,79)(H,71,83)(H,72,80)(H3,68,70,85)/t43-,44-,45-,48+,50-,51-,55+,59-,60-,61-,62+,63+/m0/s1. The topological polar surface area (TPSA) is 302 Å². The number of carbonyl (C=O) groups excluding carboxylic acids is 10. The third-order valence-corrected chi connectivity index (χ3v) is 17.6. The number of amides is 8. The van der Waals surface area contributed by atoms with Gasteiger partial charge in [0, 0.05) is 104 Å². The first kappa shape index (κ1) is 76.5. The predicted octanol–water partition coefficient (Wildman–Crippen LogP) is 7.78. The van der Waals surface area contributed by atoms with Gasteiger partial charge in [-0.3, -0.25) is 38.4 Å². The molecule has 2 aromatic rings. The SMILES string of the molecule is CC[C@H](C)[C@@H]([C@@H](CC(=O)N1CCC[C@H]1[C@H](OC)[C@@H](C)C(=O)C[C@H](C)[C@@H](O)c1ccccc1)OC)N(C)C(=O)[C@@H](CC(=O)[C@H](C(C)C)N(C)C(=O)OCc1ccc(NC(=O)[C@H](CCCNC(N)=O)CC(=O)[C@@H](NC(=O)CCCC(=O)NC)C(C)C)cc1)C(C)C. The number of methoxy groups -OCH3 is 2. The monoisotopic (exact) mass is 1250 g/mol. The molecule has 0 saturated carbocycles. The number of primary amides is 1. The van der Waals surface area contributed by atoms with Gasteiger partial charge in [0.2, 0.25) is 29.5 Å². The van der Waals surface area contributed by atoms with Crippen LogP contribution in [0.4, 0.5) is 15.3 Å². The highest BCUT2D eigenvalue weighted by molar-refractivity contribution is 5.97. The Labute approximate surface area is 528 Å². The van der Waals surface area contributed by atoms with Crippen LogP contribution >= 0.6 is 0 Å². The van der Waals surface area contributed by atoms with Gasteiger partial charge in [-0.2, -0.15) is 0 Å². The summed E-state index contributed by atoms with van der Waals surface area (Å²) in [6, 6.07) is 12.2. The average molecular weight is 1250 g/mol. The van der Waals surface area contributed by atoms with E-state index in [1.54, 1.807) is 62.1 Å². The maximum absolute atomic E-state index is 14.9. The van der Waals surface area contributed by atoms with E-state index in [1.807, 2.05) is 85.7 Å². The van der Waals surface area contributed by atoms with Crippen LogP contribution in [0.3, 0.4) is 0 Å². The summed E-state index contributed by atoms with van der Waals surface area (Å²) >= 11 is 0. The molecule has 1 fully saturated rings. The highest BCUT2D eigenvalue weighted by Gasteiger charge is 2.44. The molecule has 498 valence electrons. The fourth-order valence-corrected chi connectivity index (χ4v) is 12.1. The first-order valence-corrected chi connectivity index (χ1v) is 31.8. The summed E-state index contributed by atoms with van der Waals surface area (Å²) in [7, 11) is 7.75. The lowest BCUT2D eigenvalue weighted by atomic mass is 9.83. The lowest BCUT2D eigenvalue weighted by molar-refractivity contribution is -0.149. The lowest BCUT2D eigenvalue weighted by Crippen LogP contribution is -2.54. The number of likely N-dealkylation sites (N-methyl/N-ethyl adjacent to an activating group) is 2. The van der Waals surface area contributed by atoms with Gasteiger partial charge in [-0.25, -0.2) is 9.59 Å². The molecule has 1 heterocycles. The number of benzene rings is 2. The fraction of sp³-hybridized carbons (Fsp3) is 0.672. The lowest BCUT2D eigenvalue weighted by Gasteiger charge is -2.41. The maximum Gasteiger partial charge on any atom is 0.410 e. The number of aliphatic hydroxyl groups excluding tert-OH is 1. The number of urea groups is 1. The maximum atomic E-state index is 14.9. The number of carbonyl (C=O) groups is 10. The molecule has 2 aromatic carbocycles. The second-order valence-electron chi connectivity index (χ2n) is 25.3. The van der Waals surface area contributed by atoms with Crippen molar-refractivity contribution in [2.24, 2.45) is 53.1 Å². The summed E-state index contributed by atoms with van der Waals surface area (Å²) in [5.41, 5.74) is 6.93. The number of nitrogens with zero attached hydrogens (tertiary/aromatic N) is 3. The molecule has 0 aromatic heterocycles. The van der Waals surface area contributed by atoms with Gasteiger partial charge in [0.05, 0.1) is 48.9 Å². The predicted molar refractivity (Wildman–Crippen MR) is 341 cm³/mol. The number of ether oxygens (including phenoxy) is 3. The Bertz CT molecular complexity index is 2620. The van der Waals surface area contributed by atoms with Crippen molar-refractivity contribution in [3.63, 3.8) is 0 Å². The van der Waals surface area contributed by atoms with Gasteiger partial charge >= 0.3 is 12.1 Å². The molecule has 0 spiro atoms. The molecule has 89 heavy (non-hydrogen) atoms. The summed E-state index contributed by atoms with van der Waals surface area (Å²) < 4.78 is 17.8. The van der Waals surface area contributed by atoms with Crippen molar-refractivity contribution >= 4 is 64.7 Å². The van der Waals surface area contributed by atoms with E-state index in [0.29, 0.717) is 49.9 Å². The van der Waals surface area contributed by atoms with Crippen LogP contribution in [-0.4, -0.2) is 164 Å². The quantitative estimate of drug-likeness (QED) is 0.0349. The van der Waals surface area contributed by atoms with Crippen LogP contribution in [0.25, 0.3) is 0 Å². The summed E-state index contributed by atoms with van der Waals surface area (Å²) in [6.07, 6.45) is -0.185. The molecule has 22 nitrogen and oxygen atoms in total. The molecule has 3 rings (SSSR count). The minimum Gasteiger partial charge on any atom is -0.445 e. The number of aliphatic hydroxyl groups is 1. The van der Waals surface area contributed by atoms with Crippen molar-refractivity contribution in [1.29, 1.82) is 0 Å². The summed E-state index contributed by atoms with van der Waals surface area (Å²) in [5.74, 6) is -5.95. The zero-order valence-corrected chi connectivity index (χ0v) is 55.6. The molecule has 7 N–H and O–H groups in total. The minimum absolute atomic E-state index is 0.0410. The van der Waals surface area contributed by atoms with Crippen molar-refractivity contribution < 1.29 is 67.3 Å². The van der Waals surface area contributed by atoms with Crippen molar-refractivity contribution in [2.75, 3.05) is 53.8 Å². The third kappa shape index (κ3) is 23.5. The molecule has 0 aliphatic carbocycles. The van der Waals surface area contributed by atoms with Crippen molar-refractivity contribution in [2.45, 2.75) is 195 Å². The van der Waals surface area contributed by atoms with Gasteiger partial charge in [0.25, 0.3) is 0 Å². The van der Waals surface area contributed by atoms with Crippen LogP contribution in [0.15, 0.2) is 54.6 Å². The Morgan fingerprint density at radius 2 is 1.37 bits per heavy atom. The summed E-state index contributed by atoms with van der Waals surface area (Å²) in [5, 5.41) is 21.6. The van der Waals surface area contributed by atoms with E-state index < -0.39 is 72.2 Å². The molecular formula is C67H106N8O14. The molecule has 1 aliphatic heterocycles. The number of nitrogens with one attached hydrogen (secondary N) is 4. The fourth-order valence-electron chi connectivity index (χ4n) is 12.1. The zero-order chi connectivity index (χ0) is 66.8. The van der Waals surface area contributed by atoms with Crippen molar-refractivity contribution in [1.82, 2.24) is 30.7 Å². The van der Waals surface area contributed by atoms with E-state index in [9.17, 15) is 53.1 Å². The largest absolute Gasteiger partial charge is 0.445 e. The van der Waals surface area contributed by atoms with E-state index in [0.717, 1.165) is 5.56 Å². The molecule has 1 aliphatic rings. The van der Waals surface area contributed by atoms with E-state index in [1.165, 1.54) is 26.1 Å². The van der Waals surface area contributed by atoms with E-state index in [4.69, 9.17) is 19.9 Å². The number of likely N-dealkylation sites (tertiary alicyclic amines) is 1. The van der Waals surface area contributed by atoms with Gasteiger partial charge in [0.15, 0.2) is 11.6 Å². The van der Waals surface area contributed by atoms with Gasteiger partial charge in [0.1, 0.15) is 12.4 Å². The molecule has 0 bridgehead atoms. The van der Waals surface area contributed by atoms with Crippen LogP contribution in [-0.2, 0) is 59.2 Å². The number of ketones is 3. The van der Waals surface area contributed by atoms with E-state index >= 15 is 0 Å². The molecule has 22 heteroatoms. The van der Waals surface area contributed by atoms with Crippen molar-refractivity contribution in [3.05, 3.63) is 65.7 Å². The summed E-state index contributed by atoms with van der Waals surface area (Å²) in [4.78, 5) is 139. The van der Waals surface area contributed by atoms with Gasteiger partial charge < -0.3 is 61.0 Å². The second kappa shape index (κ2) is 38.0.